The van der Waals surface area contributed by atoms with Crippen molar-refractivity contribution in [2.45, 2.75) is 146 Å². The van der Waals surface area contributed by atoms with Crippen molar-refractivity contribution in [2.75, 3.05) is 46.3 Å². The Hall–Kier alpha value is -2.68. The highest BCUT2D eigenvalue weighted by molar-refractivity contribution is 5.90. The summed E-state index contributed by atoms with van der Waals surface area (Å²) in [6.07, 6.45) is 12.2. The summed E-state index contributed by atoms with van der Waals surface area (Å²) in [5.74, 6) is -0.0303. The van der Waals surface area contributed by atoms with Crippen LogP contribution in [0.25, 0.3) is 0 Å². The van der Waals surface area contributed by atoms with E-state index in [-0.39, 0.29) is 29.8 Å². The smallest absolute Gasteiger partial charge is 0.245 e. The van der Waals surface area contributed by atoms with Gasteiger partial charge in [-0.15, -0.1) is 6.58 Å². The van der Waals surface area contributed by atoms with Gasteiger partial charge in [0, 0.05) is 52.2 Å². The molecule has 0 aromatic heterocycles. The maximum Gasteiger partial charge on any atom is 0.245 e. The first kappa shape index (κ1) is 46.4. The lowest BCUT2D eigenvalue weighted by atomic mass is 9.85. The van der Waals surface area contributed by atoms with Crippen LogP contribution in [0.15, 0.2) is 24.3 Å². The minimum absolute atomic E-state index is 0.0461. The SMILES string of the molecule is C=CCN(C=O)CCC.CCC.CCCN(CC)C(=O)C/C(C)=C/CN(C)C(=O)C(NC(=O)C1CCCCCN1C(C)C)C(C)(C)C. The van der Waals surface area contributed by atoms with E-state index in [0.717, 1.165) is 70.1 Å². The molecule has 274 valence electrons. The van der Waals surface area contributed by atoms with Crippen molar-refractivity contribution >= 4 is 24.1 Å². The Bertz CT molecular complexity index is 928. The van der Waals surface area contributed by atoms with Crippen molar-refractivity contribution < 1.29 is 19.2 Å². The van der Waals surface area contributed by atoms with Crippen LogP contribution in [0.3, 0.4) is 0 Å². The second kappa shape index (κ2) is 26.3. The number of likely N-dealkylation sites (N-methyl/N-ethyl adjacent to an activating group) is 1. The van der Waals surface area contributed by atoms with Crippen LogP contribution in [-0.4, -0.2) is 108 Å². The summed E-state index contributed by atoms with van der Waals surface area (Å²) in [4.78, 5) is 57.0. The molecule has 1 heterocycles. The highest BCUT2D eigenvalue weighted by Crippen LogP contribution is 2.24. The standard InChI is InChI=1S/C28H52N4O3.C7H13NO.C3H8/c1-10-17-31(11-2)24(33)20-22(5)16-19-30(9)27(35)25(28(6,7)8)29-26(34)23-15-13-12-14-18-32(23)21(3)4;1-3-5-8(7-9)6-4-2;1-3-2/h16,21,23,25H,10-15,17-20H2,1-9H3,(H,29,34);3,7H,1,4-6H2,2H3;3H2,1-2H3/b22-16+;;. The van der Waals surface area contributed by atoms with Crippen molar-refractivity contribution in [1.29, 1.82) is 0 Å². The minimum atomic E-state index is -0.618. The zero-order valence-corrected chi connectivity index (χ0v) is 32.5. The van der Waals surface area contributed by atoms with E-state index in [9.17, 15) is 19.2 Å². The summed E-state index contributed by atoms with van der Waals surface area (Å²) in [5.41, 5.74) is 0.525. The van der Waals surface area contributed by atoms with Crippen molar-refractivity contribution in [3.8, 4) is 0 Å². The maximum atomic E-state index is 13.5. The number of likely N-dealkylation sites (tertiary alicyclic amines) is 1. The van der Waals surface area contributed by atoms with E-state index in [1.54, 1.807) is 22.9 Å². The van der Waals surface area contributed by atoms with Gasteiger partial charge in [-0.05, 0) is 65.3 Å². The average molecular weight is 664 g/mol. The summed E-state index contributed by atoms with van der Waals surface area (Å²) in [7, 11) is 1.76. The van der Waals surface area contributed by atoms with Crippen LogP contribution in [0.5, 0.6) is 0 Å². The molecule has 4 amide bonds. The molecule has 47 heavy (non-hydrogen) atoms. The predicted octanol–water partition coefficient (Wildman–Crippen LogP) is 6.68. The zero-order chi connectivity index (χ0) is 36.6. The van der Waals surface area contributed by atoms with Gasteiger partial charge in [-0.3, -0.25) is 24.1 Å². The van der Waals surface area contributed by atoms with E-state index >= 15 is 0 Å². The Morgan fingerprint density at radius 3 is 2.04 bits per heavy atom. The molecule has 9 nitrogen and oxygen atoms in total. The molecule has 2 atom stereocenters. The molecule has 0 spiro atoms. The van der Waals surface area contributed by atoms with Gasteiger partial charge < -0.3 is 20.0 Å². The highest BCUT2D eigenvalue weighted by Gasteiger charge is 2.37. The van der Waals surface area contributed by atoms with Crippen molar-refractivity contribution in [3.05, 3.63) is 24.3 Å². The van der Waals surface area contributed by atoms with Crippen LogP contribution in [0.4, 0.5) is 0 Å². The molecule has 0 saturated carbocycles. The first-order chi connectivity index (χ1) is 22.1. The lowest BCUT2D eigenvalue weighted by Crippen LogP contribution is -2.58. The molecule has 1 aliphatic rings. The molecule has 0 bridgehead atoms. The predicted molar refractivity (Wildman–Crippen MR) is 198 cm³/mol. The van der Waals surface area contributed by atoms with Gasteiger partial charge >= 0.3 is 0 Å². The second-order valence-electron chi connectivity index (χ2n) is 14.0. The topological polar surface area (TPSA) is 93.3 Å². The normalized spacial score (nSPS) is 15.9. The van der Waals surface area contributed by atoms with Gasteiger partial charge in [-0.25, -0.2) is 0 Å². The molecule has 0 aromatic carbocycles. The molecule has 1 rings (SSSR count). The molecule has 1 saturated heterocycles. The van der Waals surface area contributed by atoms with Crippen molar-refractivity contribution in [3.63, 3.8) is 0 Å². The van der Waals surface area contributed by atoms with Crippen LogP contribution in [0, 0.1) is 5.41 Å². The van der Waals surface area contributed by atoms with Crippen molar-refractivity contribution in [1.82, 2.24) is 24.9 Å². The molecule has 1 N–H and O–H groups in total. The quantitative estimate of drug-likeness (QED) is 0.147. The highest BCUT2D eigenvalue weighted by atomic mass is 16.2. The Morgan fingerprint density at radius 2 is 1.57 bits per heavy atom. The van der Waals surface area contributed by atoms with Gasteiger partial charge in [0.1, 0.15) is 6.04 Å². The van der Waals surface area contributed by atoms with Crippen LogP contribution in [0.1, 0.15) is 128 Å². The number of amides is 4. The summed E-state index contributed by atoms with van der Waals surface area (Å²) >= 11 is 0. The molecule has 2 unspecified atom stereocenters. The minimum Gasteiger partial charge on any atom is -0.343 e. The van der Waals surface area contributed by atoms with Crippen LogP contribution in [0.2, 0.25) is 0 Å². The molecular weight excluding hydrogens is 590 g/mol. The van der Waals surface area contributed by atoms with Crippen LogP contribution < -0.4 is 5.32 Å². The Balaban J connectivity index is 0. The summed E-state index contributed by atoms with van der Waals surface area (Å²) in [6.45, 7) is 30.3. The van der Waals surface area contributed by atoms with E-state index in [1.165, 1.54) is 6.42 Å². The van der Waals surface area contributed by atoms with Crippen LogP contribution in [-0.2, 0) is 19.2 Å². The molecule has 1 fully saturated rings. The second-order valence-corrected chi connectivity index (χ2v) is 14.0. The van der Waals surface area contributed by atoms with Crippen LogP contribution >= 0.6 is 0 Å². The third-order valence-electron chi connectivity index (χ3n) is 7.93. The summed E-state index contributed by atoms with van der Waals surface area (Å²) < 4.78 is 0. The van der Waals surface area contributed by atoms with E-state index in [1.807, 2.05) is 52.5 Å². The molecule has 0 radical (unpaired) electrons. The van der Waals surface area contributed by atoms with Gasteiger partial charge in [-0.1, -0.05) is 85.5 Å². The Kier molecular flexibility index (Phi) is 26.0. The van der Waals surface area contributed by atoms with Gasteiger partial charge in [0.2, 0.25) is 24.1 Å². The van der Waals surface area contributed by atoms with Gasteiger partial charge in [-0.2, -0.15) is 0 Å². The number of hydrogen-bond acceptors (Lipinski definition) is 5. The lowest BCUT2D eigenvalue weighted by Gasteiger charge is -2.37. The zero-order valence-electron chi connectivity index (χ0n) is 32.5. The fourth-order valence-corrected chi connectivity index (χ4v) is 5.31. The number of carbonyl (C=O) groups is 4. The number of nitrogens with zero attached hydrogens (tertiary/aromatic N) is 4. The van der Waals surface area contributed by atoms with E-state index < -0.39 is 11.5 Å². The summed E-state index contributed by atoms with van der Waals surface area (Å²) in [5, 5.41) is 3.12. The number of nitrogens with one attached hydrogen (secondary N) is 1. The number of hydrogen-bond donors (Lipinski definition) is 1. The monoisotopic (exact) mass is 664 g/mol. The first-order valence-corrected chi connectivity index (χ1v) is 18.1. The van der Waals surface area contributed by atoms with E-state index in [2.05, 4.69) is 51.4 Å². The first-order valence-electron chi connectivity index (χ1n) is 18.1. The largest absolute Gasteiger partial charge is 0.343 e. The number of rotatable bonds is 16. The Labute approximate surface area is 289 Å². The fraction of sp³-hybridized carbons (Fsp3) is 0.789. The molecule has 1 aliphatic heterocycles. The lowest BCUT2D eigenvalue weighted by molar-refractivity contribution is -0.139. The third kappa shape index (κ3) is 19.7. The molecule has 0 aromatic rings. The van der Waals surface area contributed by atoms with E-state index in [4.69, 9.17) is 0 Å². The van der Waals surface area contributed by atoms with Gasteiger partial charge in [0.25, 0.3) is 0 Å². The summed E-state index contributed by atoms with van der Waals surface area (Å²) in [6, 6.07) is -0.530. The average Bonchev–Trinajstić information content (AvgIpc) is 3.27. The third-order valence-corrected chi connectivity index (χ3v) is 7.93. The number of carbonyl (C=O) groups excluding carboxylic acids is 4. The molecular formula is C38H73N5O4. The molecule has 9 heteroatoms. The van der Waals surface area contributed by atoms with Crippen molar-refractivity contribution in [2.24, 2.45) is 5.41 Å². The molecule has 0 aliphatic carbocycles. The maximum absolute atomic E-state index is 13.5. The van der Waals surface area contributed by atoms with E-state index in [0.29, 0.717) is 26.1 Å². The van der Waals surface area contributed by atoms with Gasteiger partial charge in [0.15, 0.2) is 0 Å². The Morgan fingerprint density at radius 1 is 0.979 bits per heavy atom. The fourth-order valence-electron chi connectivity index (χ4n) is 5.31. The van der Waals surface area contributed by atoms with Gasteiger partial charge in [0.05, 0.1) is 6.04 Å².